The van der Waals surface area contributed by atoms with Crippen molar-refractivity contribution in [3.8, 4) is 0 Å². The molecular weight excluding hydrogens is 378 g/mol. The van der Waals surface area contributed by atoms with Gasteiger partial charge in [-0.15, -0.1) is 11.3 Å². The third-order valence-corrected chi connectivity index (χ3v) is 7.99. The average molecular weight is 408 g/mol. The Kier molecular flexibility index (Phi) is 6.41. The lowest BCUT2D eigenvalue weighted by molar-refractivity contribution is 0.0587. The molecule has 3 rings (SSSR count). The van der Waals surface area contributed by atoms with Crippen LogP contribution in [0.3, 0.4) is 0 Å². The van der Waals surface area contributed by atoms with Crippen molar-refractivity contribution in [3.05, 3.63) is 52.2 Å². The molecule has 0 bridgehead atoms. The Balaban J connectivity index is 1.86. The lowest BCUT2D eigenvalue weighted by Crippen LogP contribution is -2.44. The molecule has 1 aliphatic heterocycles. The van der Waals surface area contributed by atoms with Crippen molar-refractivity contribution in [2.45, 2.75) is 56.4 Å². The van der Waals surface area contributed by atoms with E-state index in [2.05, 4.69) is 26.8 Å². The van der Waals surface area contributed by atoms with Gasteiger partial charge in [-0.3, -0.25) is 0 Å². The van der Waals surface area contributed by atoms with Crippen LogP contribution < -0.4 is 0 Å². The van der Waals surface area contributed by atoms with Crippen molar-refractivity contribution in [1.29, 1.82) is 0 Å². The number of ether oxygens (including phenoxy) is 1. The highest BCUT2D eigenvalue weighted by Crippen LogP contribution is 2.27. The quantitative estimate of drug-likeness (QED) is 0.710. The van der Waals surface area contributed by atoms with Crippen LogP contribution in [0.1, 0.15) is 44.1 Å². The van der Waals surface area contributed by atoms with Gasteiger partial charge in [-0.2, -0.15) is 4.31 Å². The van der Waals surface area contributed by atoms with Gasteiger partial charge in [0.25, 0.3) is 0 Å². The van der Waals surface area contributed by atoms with Crippen LogP contribution in [0.2, 0.25) is 0 Å². The van der Waals surface area contributed by atoms with Crippen molar-refractivity contribution in [3.63, 3.8) is 0 Å². The monoisotopic (exact) mass is 407 g/mol. The zero-order valence-corrected chi connectivity index (χ0v) is 18.0. The molecule has 0 saturated carbocycles. The van der Waals surface area contributed by atoms with Gasteiger partial charge >= 0.3 is 0 Å². The third kappa shape index (κ3) is 4.99. The van der Waals surface area contributed by atoms with Crippen LogP contribution in [-0.4, -0.2) is 38.5 Å². The molecule has 1 saturated heterocycles. The van der Waals surface area contributed by atoms with E-state index in [-0.39, 0.29) is 11.5 Å². The first-order valence-electron chi connectivity index (χ1n) is 9.51. The van der Waals surface area contributed by atoms with E-state index in [1.54, 1.807) is 27.8 Å². The summed E-state index contributed by atoms with van der Waals surface area (Å²) in [4.78, 5) is 1.60. The Hall–Kier alpha value is -1.21. The summed E-state index contributed by atoms with van der Waals surface area (Å²) >= 11 is 1.68. The van der Waals surface area contributed by atoms with Crippen molar-refractivity contribution in [2.75, 3.05) is 19.8 Å². The first-order valence-corrected chi connectivity index (χ1v) is 11.8. The Bertz CT molecular complexity index is 815. The highest BCUT2D eigenvalue weighted by atomic mass is 32.2. The molecule has 0 spiro atoms. The van der Waals surface area contributed by atoms with E-state index in [1.165, 1.54) is 4.88 Å². The second-order valence-electron chi connectivity index (χ2n) is 8.06. The van der Waals surface area contributed by atoms with Crippen LogP contribution in [0, 0.1) is 0 Å². The number of sulfonamides is 1. The van der Waals surface area contributed by atoms with Crippen molar-refractivity contribution < 1.29 is 13.2 Å². The van der Waals surface area contributed by atoms with Crippen molar-refractivity contribution in [1.82, 2.24) is 4.31 Å². The Morgan fingerprint density at radius 3 is 2.33 bits per heavy atom. The molecule has 1 aromatic carbocycles. The zero-order chi connectivity index (χ0) is 19.5. The summed E-state index contributed by atoms with van der Waals surface area (Å²) in [5.41, 5.74) is 1.14. The average Bonchev–Trinajstić information content (AvgIpc) is 3.15. The second kappa shape index (κ2) is 8.43. The van der Waals surface area contributed by atoms with E-state index in [9.17, 15) is 8.42 Å². The molecule has 0 unspecified atom stereocenters. The maximum Gasteiger partial charge on any atom is 0.243 e. The molecule has 1 aliphatic rings. The van der Waals surface area contributed by atoms with Gasteiger partial charge in [0, 0.05) is 30.7 Å². The fourth-order valence-electron chi connectivity index (χ4n) is 3.41. The summed E-state index contributed by atoms with van der Waals surface area (Å²) in [5.74, 6) is 0. The van der Waals surface area contributed by atoms with Gasteiger partial charge in [0.15, 0.2) is 0 Å². The predicted molar refractivity (Wildman–Crippen MR) is 111 cm³/mol. The molecule has 2 heterocycles. The fraction of sp³-hybridized carbons (Fsp3) is 0.524. The van der Waals surface area contributed by atoms with Crippen LogP contribution in [0.25, 0.3) is 0 Å². The lowest BCUT2D eigenvalue weighted by Gasteiger charge is -2.33. The standard InChI is InChI=1S/C21H29NO3S2/c1-21(2,3)17-6-8-20(9-7-17)27(23,24)22(18-11-14-25-15-12-18)13-10-19-5-4-16-26-19/h4-9,16,18H,10-15H2,1-3H3. The largest absolute Gasteiger partial charge is 0.381 e. The summed E-state index contributed by atoms with van der Waals surface area (Å²) in [6.07, 6.45) is 2.25. The molecule has 1 fully saturated rings. The number of hydrogen-bond donors (Lipinski definition) is 0. The molecule has 4 nitrogen and oxygen atoms in total. The number of nitrogens with zero attached hydrogens (tertiary/aromatic N) is 1. The van der Waals surface area contributed by atoms with Crippen LogP contribution in [0.15, 0.2) is 46.7 Å². The normalized spacial score (nSPS) is 16.7. The van der Waals surface area contributed by atoms with Crippen LogP contribution in [0.4, 0.5) is 0 Å². The molecule has 0 atom stereocenters. The van der Waals surface area contributed by atoms with Crippen molar-refractivity contribution >= 4 is 21.4 Å². The summed E-state index contributed by atoms with van der Waals surface area (Å²) in [7, 11) is -3.53. The number of hydrogen-bond acceptors (Lipinski definition) is 4. The molecule has 0 radical (unpaired) electrons. The first-order chi connectivity index (χ1) is 12.8. The molecule has 0 amide bonds. The molecule has 1 aromatic heterocycles. The highest BCUT2D eigenvalue weighted by Gasteiger charge is 2.32. The van der Waals surface area contributed by atoms with E-state index in [4.69, 9.17) is 4.74 Å². The predicted octanol–water partition coefficient (Wildman–Crippen LogP) is 4.46. The van der Waals surface area contributed by atoms with Gasteiger partial charge < -0.3 is 4.74 Å². The summed E-state index contributed by atoms with van der Waals surface area (Å²) in [6, 6.07) is 11.5. The topological polar surface area (TPSA) is 46.6 Å². The summed E-state index contributed by atoms with van der Waals surface area (Å²) < 4.78 is 34.0. The first kappa shape index (κ1) is 20.5. The van der Waals surface area contributed by atoms with E-state index in [0.717, 1.165) is 24.8 Å². The molecule has 0 aliphatic carbocycles. The van der Waals surface area contributed by atoms with Crippen molar-refractivity contribution in [2.24, 2.45) is 0 Å². The third-order valence-electron chi connectivity index (χ3n) is 5.08. The number of thiophene rings is 1. The molecule has 2 aromatic rings. The van der Waals surface area contributed by atoms with E-state index >= 15 is 0 Å². The lowest BCUT2D eigenvalue weighted by atomic mass is 9.87. The SMILES string of the molecule is CC(C)(C)c1ccc(S(=O)(=O)N(CCc2cccs2)C2CCOCC2)cc1. The molecular formula is C21H29NO3S2. The Labute approximate surface area is 167 Å². The van der Waals surface area contributed by atoms with E-state index in [1.807, 2.05) is 23.6 Å². The molecule has 0 N–H and O–H groups in total. The van der Waals surface area contributed by atoms with Crippen LogP contribution >= 0.6 is 11.3 Å². The number of benzene rings is 1. The molecule has 27 heavy (non-hydrogen) atoms. The van der Waals surface area contributed by atoms with E-state index in [0.29, 0.717) is 24.7 Å². The Morgan fingerprint density at radius 2 is 1.78 bits per heavy atom. The maximum absolute atomic E-state index is 13.4. The Morgan fingerprint density at radius 1 is 1.11 bits per heavy atom. The van der Waals surface area contributed by atoms with Gasteiger partial charge in [-0.1, -0.05) is 39.0 Å². The van der Waals surface area contributed by atoms with E-state index < -0.39 is 10.0 Å². The smallest absolute Gasteiger partial charge is 0.243 e. The minimum absolute atomic E-state index is 0.00184. The highest BCUT2D eigenvalue weighted by molar-refractivity contribution is 7.89. The van der Waals surface area contributed by atoms with Crippen LogP contribution in [-0.2, 0) is 26.6 Å². The van der Waals surface area contributed by atoms with Gasteiger partial charge in [0.2, 0.25) is 10.0 Å². The zero-order valence-electron chi connectivity index (χ0n) is 16.3. The minimum Gasteiger partial charge on any atom is -0.381 e. The summed E-state index contributed by atoms with van der Waals surface area (Å²) in [5, 5.41) is 2.04. The van der Waals surface area contributed by atoms with Gasteiger partial charge in [-0.25, -0.2) is 8.42 Å². The maximum atomic E-state index is 13.4. The van der Waals surface area contributed by atoms with Crippen LogP contribution in [0.5, 0.6) is 0 Å². The summed E-state index contributed by atoms with van der Waals surface area (Å²) in [6.45, 7) is 8.15. The molecule has 6 heteroatoms. The van der Waals surface area contributed by atoms with Gasteiger partial charge in [-0.05, 0) is 53.8 Å². The number of rotatable bonds is 6. The van der Waals surface area contributed by atoms with Gasteiger partial charge in [0.05, 0.1) is 4.90 Å². The fourth-order valence-corrected chi connectivity index (χ4v) is 5.79. The van der Waals surface area contributed by atoms with Gasteiger partial charge in [0.1, 0.15) is 0 Å². The minimum atomic E-state index is -3.53. The second-order valence-corrected chi connectivity index (χ2v) is 11.0. The molecule has 148 valence electrons.